The second kappa shape index (κ2) is 7.56. The minimum absolute atomic E-state index is 0.0525. The Morgan fingerprint density at radius 3 is 2.18 bits per heavy atom. The molecule has 5 aliphatic rings. The Balaban J connectivity index is 1.43. The van der Waals surface area contributed by atoms with E-state index in [9.17, 15) is 9.90 Å². The van der Waals surface area contributed by atoms with E-state index < -0.39 is 0 Å². The predicted octanol–water partition coefficient (Wildman–Crippen LogP) is 7.20. The summed E-state index contributed by atoms with van der Waals surface area (Å²) in [6.45, 7) is 19.3. The number of Topliss-reactive ketones (excluding diaryl/α,β-unsaturated/α-hetero) is 1. The van der Waals surface area contributed by atoms with E-state index in [2.05, 4.69) is 55.4 Å². The van der Waals surface area contributed by atoms with Gasteiger partial charge in [0, 0.05) is 17.3 Å². The van der Waals surface area contributed by atoms with Crippen LogP contribution in [0.4, 0.5) is 0 Å². The number of hydrogen-bond acceptors (Lipinski definition) is 3. The number of carbonyl (C=O) groups is 1. The van der Waals surface area contributed by atoms with Gasteiger partial charge in [-0.3, -0.25) is 4.79 Å². The molecule has 5 fully saturated rings. The minimum Gasteiger partial charge on any atom is -0.396 e. The molecule has 5 rings (SSSR count). The van der Waals surface area contributed by atoms with E-state index in [1.807, 2.05) is 0 Å². The van der Waals surface area contributed by atoms with Crippen molar-refractivity contribution in [2.24, 2.45) is 50.7 Å². The van der Waals surface area contributed by atoms with Gasteiger partial charge in [0.05, 0.1) is 18.3 Å². The first kappa shape index (κ1) is 25.2. The quantitative estimate of drug-likeness (QED) is 0.472. The zero-order valence-electron chi connectivity index (χ0n) is 23.4. The Kier molecular flexibility index (Phi) is 5.61. The van der Waals surface area contributed by atoms with Gasteiger partial charge < -0.3 is 9.84 Å². The maximum absolute atomic E-state index is 12.9. The van der Waals surface area contributed by atoms with Crippen LogP contribution < -0.4 is 0 Å². The zero-order valence-corrected chi connectivity index (χ0v) is 23.4. The summed E-state index contributed by atoms with van der Waals surface area (Å²) in [6.07, 6.45) is 12.0. The van der Waals surface area contributed by atoms with E-state index >= 15 is 0 Å². The van der Waals surface area contributed by atoms with Crippen LogP contribution in [0.25, 0.3) is 0 Å². The molecule has 1 N–H and O–H groups in total. The number of rotatable bonds is 3. The van der Waals surface area contributed by atoms with E-state index in [-0.39, 0.29) is 29.1 Å². The number of aliphatic hydroxyl groups is 1. The van der Waals surface area contributed by atoms with Gasteiger partial charge in [0.2, 0.25) is 0 Å². The van der Waals surface area contributed by atoms with Crippen LogP contribution in [0.2, 0.25) is 0 Å². The summed E-state index contributed by atoms with van der Waals surface area (Å²) in [5, 5.41) is 9.95. The highest BCUT2D eigenvalue weighted by Crippen LogP contribution is 2.76. The van der Waals surface area contributed by atoms with Gasteiger partial charge >= 0.3 is 0 Å². The van der Waals surface area contributed by atoms with E-state index in [4.69, 9.17) is 4.74 Å². The second-order valence-electron chi connectivity index (χ2n) is 15.6. The lowest BCUT2D eigenvalue weighted by molar-refractivity contribution is -0.209. The molecule has 0 aromatic rings. The average molecular weight is 473 g/mol. The molecule has 4 aliphatic carbocycles. The fourth-order valence-corrected chi connectivity index (χ4v) is 11.1. The van der Waals surface area contributed by atoms with Gasteiger partial charge in [-0.15, -0.1) is 0 Å². The highest BCUT2D eigenvalue weighted by molar-refractivity contribution is 5.85. The third-order valence-electron chi connectivity index (χ3n) is 13.5. The number of hydrogen-bond donors (Lipinski definition) is 1. The van der Waals surface area contributed by atoms with Crippen LogP contribution in [0.1, 0.15) is 120 Å². The SMILES string of the molecule is CC(C)(CO)C1CCC(C)(C2CCC3(C)C2CCC2C4(C)CCC(=O)C(C)(C)C4CCC23C)O1. The molecule has 3 heteroatoms. The van der Waals surface area contributed by atoms with Crippen LogP contribution in [0, 0.1) is 50.7 Å². The number of carbonyl (C=O) groups excluding carboxylic acids is 1. The molecular formula is C31H52O3. The summed E-state index contributed by atoms with van der Waals surface area (Å²) in [6, 6.07) is 0. The molecule has 4 saturated carbocycles. The summed E-state index contributed by atoms with van der Waals surface area (Å²) in [7, 11) is 0. The van der Waals surface area contributed by atoms with Crippen LogP contribution >= 0.6 is 0 Å². The van der Waals surface area contributed by atoms with Crippen molar-refractivity contribution in [1.29, 1.82) is 0 Å². The van der Waals surface area contributed by atoms with Gasteiger partial charge in [-0.1, -0.05) is 48.5 Å². The summed E-state index contributed by atoms with van der Waals surface area (Å²) < 4.78 is 6.90. The first-order chi connectivity index (χ1) is 15.7. The maximum Gasteiger partial charge on any atom is 0.138 e. The predicted molar refractivity (Wildman–Crippen MR) is 137 cm³/mol. The molecule has 9 atom stereocenters. The number of fused-ring (bicyclic) bond motifs is 5. The Hall–Kier alpha value is -0.410. The van der Waals surface area contributed by atoms with Crippen LogP contribution in [-0.4, -0.2) is 29.2 Å². The van der Waals surface area contributed by atoms with Crippen molar-refractivity contribution < 1.29 is 14.6 Å². The second-order valence-corrected chi connectivity index (χ2v) is 15.6. The Morgan fingerprint density at radius 1 is 0.824 bits per heavy atom. The summed E-state index contributed by atoms with van der Waals surface area (Å²) >= 11 is 0. The Morgan fingerprint density at radius 2 is 1.50 bits per heavy atom. The molecule has 3 nitrogen and oxygen atoms in total. The highest BCUT2D eigenvalue weighted by atomic mass is 16.5. The number of ketones is 1. The van der Waals surface area contributed by atoms with Crippen LogP contribution in [0.3, 0.4) is 0 Å². The van der Waals surface area contributed by atoms with Gasteiger partial charge in [-0.25, -0.2) is 0 Å². The normalized spacial score (nSPS) is 52.7. The van der Waals surface area contributed by atoms with Crippen LogP contribution in [-0.2, 0) is 9.53 Å². The molecule has 1 saturated heterocycles. The fourth-order valence-electron chi connectivity index (χ4n) is 11.1. The molecule has 0 amide bonds. The molecule has 0 aromatic carbocycles. The van der Waals surface area contributed by atoms with Crippen molar-refractivity contribution in [2.45, 2.75) is 131 Å². The monoisotopic (exact) mass is 472 g/mol. The van der Waals surface area contributed by atoms with Crippen molar-refractivity contribution in [1.82, 2.24) is 0 Å². The molecular weight excluding hydrogens is 420 g/mol. The zero-order chi connectivity index (χ0) is 24.9. The smallest absolute Gasteiger partial charge is 0.138 e. The molecule has 0 radical (unpaired) electrons. The first-order valence-corrected chi connectivity index (χ1v) is 14.5. The van der Waals surface area contributed by atoms with E-state index in [1.54, 1.807) is 0 Å². The van der Waals surface area contributed by atoms with Gasteiger partial charge in [-0.2, -0.15) is 0 Å². The topological polar surface area (TPSA) is 46.5 Å². The third-order valence-corrected chi connectivity index (χ3v) is 13.5. The largest absolute Gasteiger partial charge is 0.396 e. The molecule has 0 aromatic heterocycles. The van der Waals surface area contributed by atoms with E-state index in [1.165, 1.54) is 38.5 Å². The molecule has 1 aliphatic heterocycles. The van der Waals surface area contributed by atoms with Crippen molar-refractivity contribution in [2.75, 3.05) is 6.61 Å². The lowest BCUT2D eigenvalue weighted by atomic mass is 9.35. The van der Waals surface area contributed by atoms with Crippen molar-refractivity contribution >= 4 is 5.78 Å². The molecule has 0 spiro atoms. The first-order valence-electron chi connectivity index (χ1n) is 14.5. The van der Waals surface area contributed by atoms with E-state index in [0.717, 1.165) is 37.5 Å². The van der Waals surface area contributed by atoms with Crippen molar-refractivity contribution in [3.8, 4) is 0 Å². The van der Waals surface area contributed by atoms with Crippen LogP contribution in [0.15, 0.2) is 0 Å². The summed E-state index contributed by atoms with van der Waals surface area (Å²) in [5.74, 6) is 3.13. The molecule has 194 valence electrons. The van der Waals surface area contributed by atoms with Crippen LogP contribution in [0.5, 0.6) is 0 Å². The van der Waals surface area contributed by atoms with Crippen molar-refractivity contribution in [3.63, 3.8) is 0 Å². The van der Waals surface area contributed by atoms with Gasteiger partial charge in [-0.05, 0) is 105 Å². The lowest BCUT2D eigenvalue weighted by Crippen LogP contribution is -2.63. The highest BCUT2D eigenvalue weighted by Gasteiger charge is 2.70. The third kappa shape index (κ3) is 3.10. The fraction of sp³-hybridized carbons (Fsp3) is 0.968. The molecule has 9 unspecified atom stereocenters. The summed E-state index contributed by atoms with van der Waals surface area (Å²) in [5.41, 5.74) is 0.622. The van der Waals surface area contributed by atoms with Crippen molar-refractivity contribution in [3.05, 3.63) is 0 Å². The molecule has 0 bridgehead atoms. The minimum atomic E-state index is -0.165. The molecule has 34 heavy (non-hydrogen) atoms. The lowest BCUT2D eigenvalue weighted by Gasteiger charge is -2.69. The maximum atomic E-state index is 12.9. The Bertz CT molecular complexity index is 846. The standard InChI is InChI=1S/C31H52O3/c1-26(2,19-32)25-14-18-31(8,34-25)21-11-16-29(6)20(21)9-10-23-28(5)15-13-24(33)27(3,4)22(28)12-17-30(23,29)7/h20-23,25,32H,9-19H2,1-8H3. The van der Waals surface area contributed by atoms with Gasteiger partial charge in [0.25, 0.3) is 0 Å². The number of ether oxygens (including phenoxy) is 1. The Labute approximate surface area is 209 Å². The number of aliphatic hydroxyl groups excluding tert-OH is 1. The average Bonchev–Trinajstić information content (AvgIpc) is 3.34. The van der Waals surface area contributed by atoms with Gasteiger partial charge in [0.15, 0.2) is 0 Å². The summed E-state index contributed by atoms with van der Waals surface area (Å²) in [4.78, 5) is 12.9. The van der Waals surface area contributed by atoms with Gasteiger partial charge in [0.1, 0.15) is 5.78 Å². The molecule has 1 heterocycles. The van der Waals surface area contributed by atoms with E-state index in [0.29, 0.717) is 33.9 Å².